The fourth-order valence-corrected chi connectivity index (χ4v) is 5.35. The summed E-state index contributed by atoms with van der Waals surface area (Å²) in [5, 5.41) is 0. The van der Waals surface area contributed by atoms with E-state index in [1.54, 1.807) is 6.07 Å². The number of fused-ring (bicyclic) bond motifs is 2. The molecule has 0 atom stereocenters. The van der Waals surface area contributed by atoms with Crippen LogP contribution in [0.5, 0.6) is 0 Å². The Labute approximate surface area is 128 Å². The van der Waals surface area contributed by atoms with Crippen LogP contribution in [-0.2, 0) is 15.4 Å². The highest BCUT2D eigenvalue weighted by molar-refractivity contribution is 7.92. The van der Waals surface area contributed by atoms with Gasteiger partial charge in [-0.05, 0) is 30.5 Å². The van der Waals surface area contributed by atoms with E-state index in [-0.39, 0.29) is 16.0 Å². The first-order valence-electron chi connectivity index (χ1n) is 7.39. The highest BCUT2D eigenvalue weighted by Crippen LogP contribution is 2.52. The van der Waals surface area contributed by atoms with Gasteiger partial charge in [-0.1, -0.05) is 25.0 Å². The highest BCUT2D eigenvalue weighted by atomic mass is 32.2. The van der Waals surface area contributed by atoms with Crippen LogP contribution in [0.2, 0.25) is 0 Å². The minimum atomic E-state index is -3.80. The number of rotatable bonds is 2. The zero-order valence-electron chi connectivity index (χ0n) is 12.0. The SMILES string of the molecule is O=S(=O)(c1ccoc1)N1CC2(CCCC2)c2cccc(F)c21. The molecule has 2 heterocycles. The van der Waals surface area contributed by atoms with Gasteiger partial charge in [0.1, 0.15) is 17.0 Å². The van der Waals surface area contributed by atoms with Gasteiger partial charge >= 0.3 is 0 Å². The van der Waals surface area contributed by atoms with Crippen molar-refractivity contribution < 1.29 is 17.2 Å². The van der Waals surface area contributed by atoms with Crippen LogP contribution >= 0.6 is 0 Å². The Morgan fingerprint density at radius 2 is 1.95 bits per heavy atom. The molecule has 1 spiro atoms. The molecule has 116 valence electrons. The molecular formula is C16H16FNO3S. The maximum Gasteiger partial charge on any atom is 0.267 e. The second-order valence-electron chi connectivity index (χ2n) is 6.09. The normalized spacial score (nSPS) is 19.8. The first kappa shape index (κ1) is 13.8. The quantitative estimate of drug-likeness (QED) is 0.851. The largest absolute Gasteiger partial charge is 0.471 e. The van der Waals surface area contributed by atoms with E-state index >= 15 is 0 Å². The van der Waals surface area contributed by atoms with Crippen molar-refractivity contribution >= 4 is 15.7 Å². The van der Waals surface area contributed by atoms with Crippen LogP contribution in [0.4, 0.5) is 10.1 Å². The van der Waals surface area contributed by atoms with Crippen LogP contribution in [0.1, 0.15) is 31.2 Å². The molecule has 4 nitrogen and oxygen atoms in total. The predicted molar refractivity (Wildman–Crippen MR) is 79.8 cm³/mol. The van der Waals surface area contributed by atoms with Crippen LogP contribution in [0, 0.1) is 5.82 Å². The second kappa shape index (κ2) is 4.59. The van der Waals surface area contributed by atoms with E-state index in [9.17, 15) is 12.8 Å². The summed E-state index contributed by atoms with van der Waals surface area (Å²) >= 11 is 0. The molecule has 0 unspecified atom stereocenters. The number of nitrogens with zero attached hydrogens (tertiary/aromatic N) is 1. The fourth-order valence-electron chi connectivity index (χ4n) is 3.85. The number of hydrogen-bond acceptors (Lipinski definition) is 3. The van der Waals surface area contributed by atoms with Crippen molar-refractivity contribution in [1.29, 1.82) is 0 Å². The molecule has 1 aromatic heterocycles. The molecule has 0 N–H and O–H groups in total. The van der Waals surface area contributed by atoms with Gasteiger partial charge in [0.05, 0.1) is 12.0 Å². The van der Waals surface area contributed by atoms with Gasteiger partial charge in [0.25, 0.3) is 10.0 Å². The molecular weight excluding hydrogens is 305 g/mol. The summed E-state index contributed by atoms with van der Waals surface area (Å²) < 4.78 is 46.2. The van der Waals surface area contributed by atoms with Crippen LogP contribution in [0.15, 0.2) is 46.1 Å². The third kappa shape index (κ3) is 1.76. The van der Waals surface area contributed by atoms with E-state index in [2.05, 4.69) is 0 Å². The fraction of sp³-hybridized carbons (Fsp3) is 0.375. The lowest BCUT2D eigenvalue weighted by Gasteiger charge is -2.24. The molecule has 1 aliphatic heterocycles. The minimum absolute atomic E-state index is 0.0664. The van der Waals surface area contributed by atoms with E-state index in [0.717, 1.165) is 31.2 Å². The third-order valence-electron chi connectivity index (χ3n) is 4.90. The number of para-hydroxylation sites is 1. The van der Waals surface area contributed by atoms with Gasteiger partial charge in [-0.25, -0.2) is 12.8 Å². The van der Waals surface area contributed by atoms with Crippen molar-refractivity contribution in [2.24, 2.45) is 0 Å². The van der Waals surface area contributed by atoms with Crippen molar-refractivity contribution in [3.63, 3.8) is 0 Å². The Hall–Kier alpha value is -1.82. The Morgan fingerprint density at radius 3 is 2.64 bits per heavy atom. The number of halogens is 1. The lowest BCUT2D eigenvalue weighted by molar-refractivity contribution is 0.476. The van der Waals surface area contributed by atoms with Gasteiger partial charge < -0.3 is 4.42 Å². The summed E-state index contributed by atoms with van der Waals surface area (Å²) in [4.78, 5) is 0.0664. The van der Waals surface area contributed by atoms with Crippen molar-refractivity contribution in [2.75, 3.05) is 10.8 Å². The van der Waals surface area contributed by atoms with Gasteiger partial charge in [-0.15, -0.1) is 0 Å². The summed E-state index contributed by atoms with van der Waals surface area (Å²) in [5.74, 6) is -0.478. The van der Waals surface area contributed by atoms with Gasteiger partial charge in [-0.3, -0.25) is 4.31 Å². The minimum Gasteiger partial charge on any atom is -0.471 e. The summed E-state index contributed by atoms with van der Waals surface area (Å²) in [6.45, 7) is 0.316. The van der Waals surface area contributed by atoms with E-state index in [0.29, 0.717) is 6.54 Å². The first-order valence-corrected chi connectivity index (χ1v) is 8.83. The lowest BCUT2D eigenvalue weighted by atomic mass is 9.81. The molecule has 0 amide bonds. The van der Waals surface area contributed by atoms with E-state index in [1.165, 1.54) is 29.0 Å². The van der Waals surface area contributed by atoms with Crippen LogP contribution in [-0.4, -0.2) is 15.0 Å². The van der Waals surface area contributed by atoms with Crippen LogP contribution < -0.4 is 4.31 Å². The Morgan fingerprint density at radius 1 is 1.18 bits per heavy atom. The zero-order chi connectivity index (χ0) is 15.4. The van der Waals surface area contributed by atoms with Crippen molar-refractivity contribution in [1.82, 2.24) is 0 Å². The number of benzene rings is 1. The first-order chi connectivity index (χ1) is 10.5. The number of hydrogen-bond donors (Lipinski definition) is 0. The topological polar surface area (TPSA) is 50.5 Å². The van der Waals surface area contributed by atoms with Crippen molar-refractivity contribution in [3.8, 4) is 0 Å². The second-order valence-corrected chi connectivity index (χ2v) is 7.96. The van der Waals surface area contributed by atoms with Crippen molar-refractivity contribution in [2.45, 2.75) is 36.0 Å². The van der Waals surface area contributed by atoms with Gasteiger partial charge in [0.2, 0.25) is 0 Å². The van der Waals surface area contributed by atoms with E-state index in [4.69, 9.17) is 4.42 Å². The molecule has 1 fully saturated rings. The van der Waals surface area contributed by atoms with E-state index in [1.807, 2.05) is 6.07 Å². The molecule has 1 saturated carbocycles. The molecule has 1 aliphatic carbocycles. The maximum absolute atomic E-state index is 14.4. The Bertz CT molecular complexity index is 808. The van der Waals surface area contributed by atoms with E-state index < -0.39 is 15.8 Å². The van der Waals surface area contributed by atoms with Gasteiger partial charge in [-0.2, -0.15) is 0 Å². The summed E-state index contributed by atoms with van der Waals surface area (Å²) in [6, 6.07) is 6.26. The molecule has 1 aromatic carbocycles. The standard InChI is InChI=1S/C16H16FNO3S/c17-14-5-3-4-13-15(14)18(11-16(13)7-1-2-8-16)22(19,20)12-6-9-21-10-12/h3-6,9-10H,1-2,7-8,11H2. The average molecular weight is 321 g/mol. The summed E-state index contributed by atoms with van der Waals surface area (Å²) in [7, 11) is -3.80. The molecule has 6 heteroatoms. The molecule has 22 heavy (non-hydrogen) atoms. The molecule has 0 bridgehead atoms. The number of sulfonamides is 1. The zero-order valence-corrected chi connectivity index (χ0v) is 12.8. The van der Waals surface area contributed by atoms with Crippen molar-refractivity contribution in [3.05, 3.63) is 48.2 Å². The molecule has 2 aliphatic rings. The smallest absolute Gasteiger partial charge is 0.267 e. The number of anilines is 1. The van der Waals surface area contributed by atoms with Crippen LogP contribution in [0.25, 0.3) is 0 Å². The molecule has 0 radical (unpaired) electrons. The van der Waals surface area contributed by atoms with Gasteiger partial charge in [0.15, 0.2) is 0 Å². The molecule has 2 aromatic rings. The maximum atomic E-state index is 14.4. The van der Waals surface area contributed by atoms with Crippen LogP contribution in [0.3, 0.4) is 0 Å². The molecule has 4 rings (SSSR count). The summed E-state index contributed by atoms with van der Waals surface area (Å²) in [6.07, 6.45) is 6.42. The lowest BCUT2D eigenvalue weighted by Crippen LogP contribution is -2.35. The Balaban J connectivity index is 1.90. The third-order valence-corrected chi connectivity index (χ3v) is 6.62. The average Bonchev–Trinajstić information content (AvgIpc) is 3.22. The summed E-state index contributed by atoms with van der Waals surface area (Å²) in [5.41, 5.74) is 0.802. The highest BCUT2D eigenvalue weighted by Gasteiger charge is 2.49. The van der Waals surface area contributed by atoms with Gasteiger partial charge in [0, 0.05) is 12.0 Å². The molecule has 0 saturated heterocycles. The number of furan rings is 1. The Kier molecular flexibility index (Phi) is 2.88. The monoisotopic (exact) mass is 321 g/mol. The predicted octanol–water partition coefficient (Wildman–Crippen LogP) is 3.44.